The Balaban J connectivity index is 1.91. The fraction of sp³-hybridized carbons (Fsp3) is 0.500. The topological polar surface area (TPSA) is 12.0 Å². The van der Waals surface area contributed by atoms with Crippen molar-refractivity contribution in [3.63, 3.8) is 0 Å². The Kier molecular flexibility index (Phi) is 3.42. The zero-order chi connectivity index (χ0) is 10.8. The predicted molar refractivity (Wildman–Crippen MR) is 63.1 cm³/mol. The van der Waals surface area contributed by atoms with Crippen LogP contribution in [0.2, 0.25) is 0 Å². The predicted octanol–water partition coefficient (Wildman–Crippen LogP) is 3.48. The Morgan fingerprint density at radius 3 is 2.87 bits per heavy atom. The molecule has 15 heavy (non-hydrogen) atoms. The van der Waals surface area contributed by atoms with Gasteiger partial charge in [0.2, 0.25) is 0 Å². The molecule has 1 aromatic carbocycles. The molecule has 0 saturated heterocycles. The minimum absolute atomic E-state index is 0.184. The summed E-state index contributed by atoms with van der Waals surface area (Å²) in [5, 5.41) is 3.44. The molecule has 1 aliphatic carbocycles. The van der Waals surface area contributed by atoms with Crippen molar-refractivity contribution in [2.24, 2.45) is 5.92 Å². The van der Waals surface area contributed by atoms with Crippen LogP contribution in [0.1, 0.15) is 25.3 Å². The summed E-state index contributed by atoms with van der Waals surface area (Å²) in [6.07, 6.45) is 2.49. The Bertz CT molecular complexity index is 347. The lowest BCUT2D eigenvalue weighted by molar-refractivity contribution is 0.240. The highest BCUT2D eigenvalue weighted by Gasteiger charge is 2.24. The van der Waals surface area contributed by atoms with Gasteiger partial charge in [-0.2, -0.15) is 0 Å². The van der Waals surface area contributed by atoms with Crippen LogP contribution in [-0.2, 0) is 6.54 Å². The first kappa shape index (κ1) is 11.1. The zero-order valence-electron chi connectivity index (χ0n) is 8.76. The van der Waals surface area contributed by atoms with E-state index in [1.54, 1.807) is 6.07 Å². The van der Waals surface area contributed by atoms with Crippen molar-refractivity contribution in [2.75, 3.05) is 0 Å². The van der Waals surface area contributed by atoms with Crippen LogP contribution in [0, 0.1) is 11.7 Å². The lowest BCUT2D eigenvalue weighted by atomic mass is 9.82. The summed E-state index contributed by atoms with van der Waals surface area (Å²) in [6.45, 7) is 3.01. The average molecular weight is 272 g/mol. The molecule has 1 aliphatic rings. The first-order valence-corrected chi connectivity index (χ1v) is 6.12. The van der Waals surface area contributed by atoms with Gasteiger partial charge in [-0.1, -0.05) is 19.1 Å². The highest BCUT2D eigenvalue weighted by Crippen LogP contribution is 2.27. The van der Waals surface area contributed by atoms with Crippen molar-refractivity contribution in [1.29, 1.82) is 0 Å². The molecule has 3 heteroatoms. The van der Waals surface area contributed by atoms with Crippen LogP contribution in [0.15, 0.2) is 22.7 Å². The van der Waals surface area contributed by atoms with Gasteiger partial charge in [-0.15, -0.1) is 0 Å². The van der Waals surface area contributed by atoms with Crippen LogP contribution >= 0.6 is 15.9 Å². The molecule has 2 rings (SSSR count). The Morgan fingerprint density at radius 2 is 2.20 bits per heavy atom. The lowest BCUT2D eigenvalue weighted by Crippen LogP contribution is -2.39. The summed E-state index contributed by atoms with van der Waals surface area (Å²) in [4.78, 5) is 0. The highest BCUT2D eigenvalue weighted by molar-refractivity contribution is 9.10. The molecule has 1 N–H and O–H groups in total. The van der Waals surface area contributed by atoms with E-state index in [0.717, 1.165) is 18.0 Å². The van der Waals surface area contributed by atoms with Gasteiger partial charge in [-0.3, -0.25) is 0 Å². The summed E-state index contributed by atoms with van der Waals surface area (Å²) in [7, 11) is 0. The third-order valence-electron chi connectivity index (χ3n) is 2.99. The van der Waals surface area contributed by atoms with Gasteiger partial charge in [0.25, 0.3) is 0 Å². The second-order valence-electron chi connectivity index (χ2n) is 4.37. The van der Waals surface area contributed by atoms with Gasteiger partial charge >= 0.3 is 0 Å². The van der Waals surface area contributed by atoms with Crippen LogP contribution in [0.5, 0.6) is 0 Å². The zero-order valence-corrected chi connectivity index (χ0v) is 10.3. The lowest BCUT2D eigenvalue weighted by Gasteiger charge is -2.33. The molecule has 1 fully saturated rings. The molecule has 0 heterocycles. The maximum absolute atomic E-state index is 13.2. The van der Waals surface area contributed by atoms with Crippen LogP contribution in [0.25, 0.3) is 0 Å². The van der Waals surface area contributed by atoms with Crippen molar-refractivity contribution >= 4 is 15.9 Å². The fourth-order valence-corrected chi connectivity index (χ4v) is 2.41. The number of benzene rings is 1. The van der Waals surface area contributed by atoms with Gasteiger partial charge in [0.15, 0.2) is 0 Å². The largest absolute Gasteiger partial charge is 0.310 e. The molecule has 0 radical (unpaired) electrons. The summed E-state index contributed by atoms with van der Waals surface area (Å²) in [6, 6.07) is 5.79. The molecule has 0 amide bonds. The Morgan fingerprint density at radius 1 is 1.47 bits per heavy atom. The molecule has 82 valence electrons. The standard InChI is InChI=1S/C12H15BrFN/c1-8-5-10(6-8)15-7-9-3-2-4-11(14)12(9)13/h2-4,8,10,15H,5-7H2,1H3. The molecule has 0 spiro atoms. The van der Waals surface area contributed by atoms with E-state index < -0.39 is 0 Å². The van der Waals surface area contributed by atoms with Gasteiger partial charge < -0.3 is 5.32 Å². The molecule has 0 aliphatic heterocycles. The second-order valence-corrected chi connectivity index (χ2v) is 5.16. The average Bonchev–Trinajstić information content (AvgIpc) is 2.17. The van der Waals surface area contributed by atoms with E-state index >= 15 is 0 Å². The van der Waals surface area contributed by atoms with Crippen LogP contribution in [0.4, 0.5) is 4.39 Å². The summed E-state index contributed by atoms with van der Waals surface area (Å²) in [5.74, 6) is 0.662. The molecule has 1 aromatic rings. The van der Waals surface area contributed by atoms with Crippen molar-refractivity contribution in [2.45, 2.75) is 32.4 Å². The first-order valence-electron chi connectivity index (χ1n) is 5.33. The summed E-state index contributed by atoms with van der Waals surface area (Å²) >= 11 is 3.27. The Hall–Kier alpha value is -0.410. The number of hydrogen-bond donors (Lipinski definition) is 1. The second kappa shape index (κ2) is 4.62. The molecular weight excluding hydrogens is 257 g/mol. The number of nitrogens with one attached hydrogen (secondary N) is 1. The molecular formula is C12H15BrFN. The molecule has 0 bridgehead atoms. The van der Waals surface area contributed by atoms with Gasteiger partial charge in [0, 0.05) is 12.6 Å². The van der Waals surface area contributed by atoms with E-state index in [1.807, 2.05) is 6.07 Å². The molecule has 1 nitrogen and oxygen atoms in total. The van der Waals surface area contributed by atoms with E-state index in [4.69, 9.17) is 0 Å². The van der Waals surface area contributed by atoms with E-state index in [2.05, 4.69) is 28.2 Å². The maximum Gasteiger partial charge on any atom is 0.137 e. The summed E-state index contributed by atoms with van der Waals surface area (Å²) in [5.41, 5.74) is 0.995. The van der Waals surface area contributed by atoms with Crippen molar-refractivity contribution in [3.05, 3.63) is 34.1 Å². The molecule has 1 saturated carbocycles. The monoisotopic (exact) mass is 271 g/mol. The number of hydrogen-bond acceptors (Lipinski definition) is 1. The van der Waals surface area contributed by atoms with Crippen LogP contribution < -0.4 is 5.32 Å². The van der Waals surface area contributed by atoms with Crippen molar-refractivity contribution < 1.29 is 4.39 Å². The molecule has 0 unspecified atom stereocenters. The van der Waals surface area contributed by atoms with E-state index in [1.165, 1.54) is 18.9 Å². The van der Waals surface area contributed by atoms with E-state index in [-0.39, 0.29) is 5.82 Å². The normalized spacial score (nSPS) is 25.0. The Labute approximate surface area is 98.2 Å². The van der Waals surface area contributed by atoms with Gasteiger partial charge in [0.05, 0.1) is 4.47 Å². The third kappa shape index (κ3) is 2.58. The minimum Gasteiger partial charge on any atom is -0.310 e. The number of rotatable bonds is 3. The minimum atomic E-state index is -0.184. The van der Waals surface area contributed by atoms with Crippen molar-refractivity contribution in [3.8, 4) is 0 Å². The highest BCUT2D eigenvalue weighted by atomic mass is 79.9. The fourth-order valence-electron chi connectivity index (χ4n) is 2.01. The first-order chi connectivity index (χ1) is 7.16. The summed E-state index contributed by atoms with van der Waals surface area (Å²) < 4.78 is 13.8. The third-order valence-corrected chi connectivity index (χ3v) is 3.87. The van der Waals surface area contributed by atoms with E-state index in [9.17, 15) is 4.39 Å². The van der Waals surface area contributed by atoms with Crippen LogP contribution in [-0.4, -0.2) is 6.04 Å². The van der Waals surface area contributed by atoms with Gasteiger partial charge in [-0.05, 0) is 46.3 Å². The maximum atomic E-state index is 13.2. The molecule has 0 aromatic heterocycles. The SMILES string of the molecule is CC1CC(NCc2cccc(F)c2Br)C1. The number of halogens is 2. The molecule has 0 atom stereocenters. The quantitative estimate of drug-likeness (QED) is 0.888. The van der Waals surface area contributed by atoms with E-state index in [0.29, 0.717) is 10.5 Å². The van der Waals surface area contributed by atoms with Crippen molar-refractivity contribution in [1.82, 2.24) is 5.32 Å². The van der Waals surface area contributed by atoms with Gasteiger partial charge in [-0.25, -0.2) is 4.39 Å². The smallest absolute Gasteiger partial charge is 0.137 e. The van der Waals surface area contributed by atoms with Gasteiger partial charge in [0.1, 0.15) is 5.82 Å². The van der Waals surface area contributed by atoms with Crippen LogP contribution in [0.3, 0.4) is 0 Å².